The van der Waals surface area contributed by atoms with Crippen LogP contribution in [-0.4, -0.2) is 16.7 Å². The molecule has 0 amide bonds. The summed E-state index contributed by atoms with van der Waals surface area (Å²) < 4.78 is 82.8. The van der Waals surface area contributed by atoms with E-state index in [0.29, 0.717) is 18.6 Å². The van der Waals surface area contributed by atoms with E-state index in [1.165, 1.54) is 0 Å². The van der Waals surface area contributed by atoms with Crippen molar-refractivity contribution in [1.29, 1.82) is 0 Å². The van der Waals surface area contributed by atoms with Crippen LogP contribution in [0.1, 0.15) is 81.1 Å². The number of alkyl halides is 6. The molecule has 9 heteroatoms. The molecule has 1 aromatic rings. The summed E-state index contributed by atoms with van der Waals surface area (Å²) in [4.78, 5) is 0. The monoisotopic (exact) mass is 416 g/mol. The summed E-state index contributed by atoms with van der Waals surface area (Å²) >= 11 is 0. The summed E-state index contributed by atoms with van der Waals surface area (Å²) in [5, 5.41) is 18.1. The van der Waals surface area contributed by atoms with E-state index in [1.807, 2.05) is 0 Å². The predicted molar refractivity (Wildman–Crippen MR) is 91.1 cm³/mol. The van der Waals surface area contributed by atoms with Gasteiger partial charge in [-0.3, -0.25) is 0 Å². The van der Waals surface area contributed by atoms with Crippen molar-refractivity contribution in [2.75, 3.05) is 0 Å². The number of hydrogen-bond donors (Lipinski definition) is 2. The molecule has 28 heavy (non-hydrogen) atoms. The van der Waals surface area contributed by atoms with Crippen molar-refractivity contribution in [2.45, 2.75) is 83.2 Å². The average Bonchev–Trinajstić information content (AvgIpc) is 2.57. The fourth-order valence-electron chi connectivity index (χ4n) is 2.91. The third-order valence-electron chi connectivity index (χ3n) is 4.34. The summed E-state index contributed by atoms with van der Waals surface area (Å²) in [5.41, 5.74) is -3.31. The molecule has 0 aliphatic rings. The van der Waals surface area contributed by atoms with E-state index >= 15 is 0 Å². The topological polar surface area (TPSA) is 49.7 Å². The molecule has 0 aromatic heterocycles. The van der Waals surface area contributed by atoms with Gasteiger partial charge in [-0.25, -0.2) is 0 Å². The lowest BCUT2D eigenvalue weighted by Gasteiger charge is -2.22. The van der Waals surface area contributed by atoms with Gasteiger partial charge in [0.05, 0.1) is 17.2 Å². The van der Waals surface area contributed by atoms with Gasteiger partial charge in [0, 0.05) is 0 Å². The van der Waals surface area contributed by atoms with E-state index in [2.05, 4.69) is 6.92 Å². The highest BCUT2D eigenvalue weighted by molar-refractivity contribution is 5.34. The largest absolute Gasteiger partial charge is 0.416 e. The van der Waals surface area contributed by atoms with Gasteiger partial charge in [0.1, 0.15) is 0 Å². The second-order valence-electron chi connectivity index (χ2n) is 6.70. The predicted octanol–water partition coefficient (Wildman–Crippen LogP) is 6.19. The van der Waals surface area contributed by atoms with Crippen LogP contribution in [0.5, 0.6) is 0 Å². The highest BCUT2D eigenvalue weighted by Gasteiger charge is 2.37. The Kier molecular flexibility index (Phi) is 9.73. The second kappa shape index (κ2) is 11.0. The fourth-order valence-corrected chi connectivity index (χ4v) is 2.91. The van der Waals surface area contributed by atoms with Gasteiger partial charge in [-0.1, -0.05) is 51.9 Å². The van der Waals surface area contributed by atoms with E-state index < -0.39 is 36.1 Å². The number of hydrogen-bond acceptors (Lipinski definition) is 3. The van der Waals surface area contributed by atoms with Crippen LogP contribution in [0.3, 0.4) is 0 Å². The first-order valence-corrected chi connectivity index (χ1v) is 9.26. The first kappa shape index (κ1) is 24.7. The number of rotatable bonds is 11. The quantitative estimate of drug-likeness (QED) is 0.257. The summed E-state index contributed by atoms with van der Waals surface area (Å²) in [7, 11) is 0. The van der Waals surface area contributed by atoms with Gasteiger partial charge in [-0.05, 0) is 30.2 Å². The van der Waals surface area contributed by atoms with Gasteiger partial charge in [-0.15, -0.1) is 0 Å². The molecular formula is C19H26F6O3. The third kappa shape index (κ3) is 8.79. The minimum absolute atomic E-state index is 0.0314. The fraction of sp³-hybridized carbons (Fsp3) is 0.684. The number of unbranched alkanes of at least 4 members (excludes halogenated alkanes) is 6. The standard InChI is InChI=1S/C19H26F6O3/c1-2-3-4-5-6-7-8-9-16(28-17(26)27)13-10-14(18(20,21)22)12-15(11-13)19(23,24)25/h10-12,16-17,26-27H,2-9H2,1H3. The summed E-state index contributed by atoms with van der Waals surface area (Å²) in [6.45, 7) is -0.231. The molecule has 1 aromatic carbocycles. The van der Waals surface area contributed by atoms with Gasteiger partial charge >= 0.3 is 12.4 Å². The molecule has 0 aliphatic heterocycles. The molecule has 3 nitrogen and oxygen atoms in total. The van der Waals surface area contributed by atoms with E-state index in [9.17, 15) is 26.3 Å². The van der Waals surface area contributed by atoms with Crippen LogP contribution < -0.4 is 0 Å². The average molecular weight is 416 g/mol. The van der Waals surface area contributed by atoms with Crippen molar-refractivity contribution < 1.29 is 41.3 Å². The lowest BCUT2D eigenvalue weighted by molar-refractivity contribution is -0.259. The molecule has 2 N–H and O–H groups in total. The number of halogens is 6. The Labute approximate surface area is 160 Å². The molecule has 0 heterocycles. The van der Waals surface area contributed by atoms with Gasteiger partial charge < -0.3 is 14.9 Å². The third-order valence-corrected chi connectivity index (χ3v) is 4.34. The van der Waals surface area contributed by atoms with E-state index in [4.69, 9.17) is 14.9 Å². The Bertz CT molecular complexity index is 552. The lowest BCUT2D eigenvalue weighted by atomic mass is 9.97. The minimum Gasteiger partial charge on any atom is -0.346 e. The maximum Gasteiger partial charge on any atom is 0.416 e. The zero-order valence-corrected chi connectivity index (χ0v) is 15.6. The van der Waals surface area contributed by atoms with Crippen molar-refractivity contribution in [3.8, 4) is 0 Å². The van der Waals surface area contributed by atoms with Gasteiger partial charge in [-0.2, -0.15) is 26.3 Å². The molecule has 0 spiro atoms. The molecule has 0 bridgehead atoms. The molecule has 1 atom stereocenters. The van der Waals surface area contributed by atoms with E-state index in [0.717, 1.165) is 38.5 Å². The Hall–Kier alpha value is -1.32. The second-order valence-corrected chi connectivity index (χ2v) is 6.70. The lowest BCUT2D eigenvalue weighted by Crippen LogP contribution is -2.18. The Morgan fingerprint density at radius 1 is 0.786 bits per heavy atom. The van der Waals surface area contributed by atoms with Crippen LogP contribution in [0.2, 0.25) is 0 Å². The molecule has 0 fully saturated rings. The molecule has 0 radical (unpaired) electrons. The minimum atomic E-state index is -4.97. The van der Waals surface area contributed by atoms with Crippen LogP contribution in [-0.2, 0) is 17.1 Å². The molecule has 1 rings (SSSR count). The van der Waals surface area contributed by atoms with Crippen LogP contribution >= 0.6 is 0 Å². The summed E-state index contributed by atoms with van der Waals surface area (Å²) in [5.74, 6) is 0. The highest BCUT2D eigenvalue weighted by Crippen LogP contribution is 2.39. The van der Waals surface area contributed by atoms with Gasteiger partial charge in [0.25, 0.3) is 6.48 Å². The van der Waals surface area contributed by atoms with E-state index in [1.54, 1.807) is 0 Å². The zero-order valence-electron chi connectivity index (χ0n) is 15.6. The highest BCUT2D eigenvalue weighted by atomic mass is 19.4. The molecular weight excluding hydrogens is 390 g/mol. The van der Waals surface area contributed by atoms with Crippen LogP contribution in [0.15, 0.2) is 18.2 Å². The molecule has 0 aliphatic carbocycles. The van der Waals surface area contributed by atoms with Gasteiger partial charge in [0.15, 0.2) is 0 Å². The maximum atomic E-state index is 13.0. The maximum absolute atomic E-state index is 13.0. The van der Waals surface area contributed by atoms with Crippen molar-refractivity contribution in [1.82, 2.24) is 0 Å². The van der Waals surface area contributed by atoms with Crippen LogP contribution in [0, 0.1) is 0 Å². The van der Waals surface area contributed by atoms with Crippen molar-refractivity contribution >= 4 is 0 Å². The van der Waals surface area contributed by atoms with Gasteiger partial charge in [0.2, 0.25) is 0 Å². The van der Waals surface area contributed by atoms with E-state index in [-0.39, 0.29) is 18.1 Å². The number of aliphatic hydroxyl groups excluding tert-OH is 1. The molecule has 0 saturated carbocycles. The molecule has 162 valence electrons. The smallest absolute Gasteiger partial charge is 0.346 e. The number of aliphatic hydroxyl groups is 2. The SMILES string of the molecule is CCCCCCCCCC(OC(O)O)c1cc(C(F)(F)F)cc(C(F)(F)F)c1. The Balaban J connectivity index is 2.96. The Morgan fingerprint density at radius 2 is 1.25 bits per heavy atom. The van der Waals surface area contributed by atoms with Crippen LogP contribution in [0.4, 0.5) is 26.3 Å². The molecule has 1 unspecified atom stereocenters. The Morgan fingerprint density at radius 3 is 1.68 bits per heavy atom. The summed E-state index contributed by atoms with van der Waals surface area (Å²) in [6, 6.07) is 1.15. The zero-order chi connectivity index (χ0) is 21.4. The van der Waals surface area contributed by atoms with Crippen molar-refractivity contribution in [2.24, 2.45) is 0 Å². The molecule has 0 saturated heterocycles. The van der Waals surface area contributed by atoms with Crippen molar-refractivity contribution in [3.05, 3.63) is 34.9 Å². The first-order valence-electron chi connectivity index (χ1n) is 9.26. The van der Waals surface area contributed by atoms with Crippen LogP contribution in [0.25, 0.3) is 0 Å². The normalized spacial score (nSPS) is 13.9. The number of ether oxygens (including phenoxy) is 1. The number of benzene rings is 1. The first-order chi connectivity index (χ1) is 12.9. The van der Waals surface area contributed by atoms with Crippen molar-refractivity contribution in [3.63, 3.8) is 0 Å². The summed E-state index contributed by atoms with van der Waals surface area (Å²) in [6.07, 6.45) is -4.85.